The first-order chi connectivity index (χ1) is 17.2. The van der Waals surface area contributed by atoms with E-state index in [9.17, 15) is 4.79 Å². The smallest absolute Gasteiger partial charge is 0.188 e. The van der Waals surface area contributed by atoms with E-state index in [2.05, 4.69) is 77.7 Å². The van der Waals surface area contributed by atoms with Gasteiger partial charge in [0.1, 0.15) is 11.0 Å². The summed E-state index contributed by atoms with van der Waals surface area (Å²) in [7, 11) is 2.16. The molecule has 9 heteroatoms. The van der Waals surface area contributed by atoms with Crippen molar-refractivity contribution < 1.29 is 4.79 Å². The summed E-state index contributed by atoms with van der Waals surface area (Å²) in [5.74, 6) is 0.157. The molecule has 7 nitrogen and oxygen atoms in total. The van der Waals surface area contributed by atoms with Gasteiger partial charge in [-0.15, -0.1) is 11.3 Å². The van der Waals surface area contributed by atoms with Gasteiger partial charge in [-0.25, -0.2) is 15.0 Å². The number of hydrogen-bond donors (Lipinski definition) is 0. The maximum Gasteiger partial charge on any atom is 0.188 e. The van der Waals surface area contributed by atoms with Crippen LogP contribution in [0.15, 0.2) is 30.7 Å². The predicted molar refractivity (Wildman–Crippen MR) is 149 cm³/mol. The topological polar surface area (TPSA) is 75.1 Å². The van der Waals surface area contributed by atoms with Crippen LogP contribution in [0, 0.1) is 6.92 Å². The van der Waals surface area contributed by atoms with Crippen LogP contribution in [0.1, 0.15) is 53.0 Å². The van der Waals surface area contributed by atoms with Gasteiger partial charge in [0, 0.05) is 49.8 Å². The van der Waals surface area contributed by atoms with Gasteiger partial charge in [0.15, 0.2) is 16.6 Å². The Morgan fingerprint density at radius 3 is 2.53 bits per heavy atom. The molecule has 1 aliphatic rings. The molecule has 4 heterocycles. The quantitative estimate of drug-likeness (QED) is 0.316. The highest BCUT2D eigenvalue weighted by Crippen LogP contribution is 2.35. The highest BCUT2D eigenvalue weighted by Gasteiger charge is 2.22. The lowest BCUT2D eigenvalue weighted by molar-refractivity contribution is 0.0986. The Bertz CT molecular complexity index is 1400. The maximum absolute atomic E-state index is 12.8. The van der Waals surface area contributed by atoms with Gasteiger partial charge in [-0.05, 0) is 37.6 Å². The summed E-state index contributed by atoms with van der Waals surface area (Å²) >= 11 is 3.19. The van der Waals surface area contributed by atoms with Gasteiger partial charge >= 0.3 is 0 Å². The number of carbonyl (C=O) groups is 1. The molecule has 36 heavy (non-hydrogen) atoms. The van der Waals surface area contributed by atoms with Crippen molar-refractivity contribution in [2.24, 2.45) is 0 Å². The summed E-state index contributed by atoms with van der Waals surface area (Å²) in [6.07, 6.45) is 4.53. The Hall–Kier alpha value is -2.75. The molecule has 0 unspecified atom stereocenters. The number of anilines is 1. The number of Topliss-reactive ketones (excluding diaryl/α,β-unsaturated/α-hetero) is 1. The molecule has 188 valence electrons. The third-order valence-corrected chi connectivity index (χ3v) is 9.19. The molecular weight excluding hydrogens is 488 g/mol. The van der Waals surface area contributed by atoms with Crippen molar-refractivity contribution in [2.45, 2.75) is 46.0 Å². The number of nitrogens with zero attached hydrogens (tertiary/aromatic N) is 6. The second-order valence-corrected chi connectivity index (χ2v) is 12.5. The fourth-order valence-corrected chi connectivity index (χ4v) is 6.35. The Morgan fingerprint density at radius 2 is 1.83 bits per heavy atom. The number of rotatable bonds is 6. The third kappa shape index (κ3) is 5.19. The van der Waals surface area contributed by atoms with Crippen molar-refractivity contribution in [3.05, 3.63) is 51.7 Å². The molecule has 1 saturated heterocycles. The number of piperazine rings is 1. The van der Waals surface area contributed by atoms with Crippen LogP contribution < -0.4 is 4.90 Å². The number of carbonyl (C=O) groups excluding carboxylic acids is 1. The van der Waals surface area contributed by atoms with E-state index in [0.29, 0.717) is 12.8 Å². The van der Waals surface area contributed by atoms with Crippen LogP contribution in [-0.4, -0.2) is 63.8 Å². The first kappa shape index (κ1) is 24.9. The molecule has 1 fully saturated rings. The zero-order valence-electron chi connectivity index (χ0n) is 21.5. The van der Waals surface area contributed by atoms with E-state index < -0.39 is 0 Å². The fourth-order valence-electron chi connectivity index (χ4n) is 4.33. The minimum Gasteiger partial charge on any atom is -0.345 e. The molecule has 1 aliphatic heterocycles. The summed E-state index contributed by atoms with van der Waals surface area (Å²) in [6, 6.07) is 6.40. The van der Waals surface area contributed by atoms with E-state index in [1.807, 2.05) is 0 Å². The predicted octanol–water partition coefficient (Wildman–Crippen LogP) is 5.38. The Labute approximate surface area is 220 Å². The van der Waals surface area contributed by atoms with Crippen molar-refractivity contribution in [1.29, 1.82) is 0 Å². The highest BCUT2D eigenvalue weighted by molar-refractivity contribution is 7.22. The Balaban J connectivity index is 1.32. The zero-order valence-corrected chi connectivity index (χ0v) is 23.2. The minimum absolute atomic E-state index is 0.0363. The van der Waals surface area contributed by atoms with Crippen LogP contribution in [0.25, 0.3) is 21.6 Å². The van der Waals surface area contributed by atoms with Gasteiger partial charge in [0.2, 0.25) is 0 Å². The molecule has 4 aromatic rings. The molecule has 5 rings (SSSR count). The lowest BCUT2D eigenvalue weighted by atomic mass is 9.98. The molecule has 0 N–H and O–H groups in total. The summed E-state index contributed by atoms with van der Waals surface area (Å²) in [6.45, 7) is 12.5. The number of aryl methyl sites for hydroxylation is 2. The molecule has 0 atom stereocenters. The van der Waals surface area contributed by atoms with Crippen molar-refractivity contribution in [2.75, 3.05) is 38.1 Å². The monoisotopic (exact) mass is 520 g/mol. The van der Waals surface area contributed by atoms with Crippen molar-refractivity contribution in [3.8, 4) is 11.3 Å². The maximum atomic E-state index is 12.8. The summed E-state index contributed by atoms with van der Waals surface area (Å²) in [4.78, 5) is 36.6. The Morgan fingerprint density at radius 1 is 1.06 bits per heavy atom. The van der Waals surface area contributed by atoms with Gasteiger partial charge in [0.25, 0.3) is 0 Å². The fraction of sp³-hybridized carbons (Fsp3) is 0.444. The van der Waals surface area contributed by atoms with Crippen molar-refractivity contribution in [3.63, 3.8) is 0 Å². The molecule has 0 bridgehead atoms. The number of hydrogen-bond acceptors (Lipinski definition) is 9. The molecule has 0 amide bonds. The van der Waals surface area contributed by atoms with Gasteiger partial charge in [0.05, 0.1) is 15.6 Å². The number of ketones is 1. The molecule has 3 aromatic heterocycles. The number of likely N-dealkylation sites (N-methyl/N-ethyl adjacent to an activating group) is 1. The zero-order chi connectivity index (χ0) is 25.4. The van der Waals surface area contributed by atoms with Crippen LogP contribution in [0.4, 0.5) is 5.13 Å². The van der Waals surface area contributed by atoms with Crippen LogP contribution in [0.5, 0.6) is 0 Å². The van der Waals surface area contributed by atoms with Crippen molar-refractivity contribution >= 4 is 43.9 Å². The summed E-state index contributed by atoms with van der Waals surface area (Å²) in [5.41, 5.74) is 5.04. The Kier molecular flexibility index (Phi) is 6.89. The van der Waals surface area contributed by atoms with Crippen molar-refractivity contribution in [1.82, 2.24) is 24.8 Å². The van der Waals surface area contributed by atoms with Gasteiger partial charge < -0.3 is 9.80 Å². The second-order valence-electron chi connectivity index (χ2n) is 10.5. The molecular formula is C27H32N6OS2. The largest absolute Gasteiger partial charge is 0.345 e. The summed E-state index contributed by atoms with van der Waals surface area (Å²) < 4.78 is 1.02. The first-order valence-electron chi connectivity index (χ1n) is 12.3. The molecule has 0 radical (unpaired) electrons. The van der Waals surface area contributed by atoms with E-state index >= 15 is 0 Å². The minimum atomic E-state index is -0.0363. The average molecular weight is 521 g/mol. The van der Waals surface area contributed by atoms with E-state index in [4.69, 9.17) is 4.98 Å². The number of fused-ring (bicyclic) bond motifs is 1. The van der Waals surface area contributed by atoms with Gasteiger partial charge in [-0.1, -0.05) is 44.2 Å². The third-order valence-electron chi connectivity index (χ3n) is 6.61. The molecule has 0 spiro atoms. The number of thiazole rings is 2. The average Bonchev–Trinajstić information content (AvgIpc) is 3.51. The number of aromatic nitrogens is 4. The lowest BCUT2D eigenvalue weighted by Gasteiger charge is -2.31. The van der Waals surface area contributed by atoms with E-state index in [1.165, 1.54) is 16.9 Å². The van der Waals surface area contributed by atoms with Gasteiger partial charge in [-0.2, -0.15) is 4.98 Å². The van der Waals surface area contributed by atoms with E-state index in [-0.39, 0.29) is 11.2 Å². The van der Waals surface area contributed by atoms with E-state index in [1.54, 1.807) is 23.9 Å². The highest BCUT2D eigenvalue weighted by atomic mass is 32.1. The number of benzene rings is 1. The molecule has 0 aliphatic carbocycles. The van der Waals surface area contributed by atoms with Crippen LogP contribution in [-0.2, 0) is 11.8 Å². The van der Waals surface area contributed by atoms with E-state index in [0.717, 1.165) is 68.4 Å². The normalized spacial score (nSPS) is 15.1. The standard InChI is InChI=1S/C27H32N6OS2/c1-17-14-19(7-6-18(17)8-9-20(34)21-15-28-25(35-21)27(2,3)4)22-23-24(30-16-29-22)31-26(36-23)33-12-10-32(5)11-13-33/h6-7,14-16H,8-13H2,1-5H3. The van der Waals surface area contributed by atoms with Gasteiger partial charge in [-0.3, -0.25) is 4.79 Å². The summed E-state index contributed by atoms with van der Waals surface area (Å²) in [5, 5.41) is 2.02. The van der Waals surface area contributed by atoms with Crippen LogP contribution >= 0.6 is 22.7 Å². The molecule has 1 aromatic carbocycles. The second kappa shape index (κ2) is 9.95. The van der Waals surface area contributed by atoms with Crippen LogP contribution in [0.3, 0.4) is 0 Å². The SMILES string of the molecule is Cc1cc(-c2ncnc3nc(N4CCN(C)CC4)sc23)ccc1CCC(=O)c1cnc(C(C)(C)C)s1. The van der Waals surface area contributed by atoms with Crippen LogP contribution in [0.2, 0.25) is 0 Å². The molecule has 0 saturated carbocycles. The lowest BCUT2D eigenvalue weighted by Crippen LogP contribution is -2.44. The first-order valence-corrected chi connectivity index (χ1v) is 14.0.